The largest absolute Gasteiger partial charge is 0.405 e. The molecule has 0 saturated heterocycles. The van der Waals surface area contributed by atoms with Crippen molar-refractivity contribution in [2.24, 2.45) is 0 Å². The highest BCUT2D eigenvalue weighted by Crippen LogP contribution is 2.29. The van der Waals surface area contributed by atoms with Gasteiger partial charge in [0, 0.05) is 7.05 Å². The molecule has 0 bridgehead atoms. The zero-order chi connectivity index (χ0) is 13.1. The first-order chi connectivity index (χ1) is 7.72. The SMILES string of the molecule is CN(CC1(O)CCCC1)C(=O)NCC(F)(F)F. The molecule has 0 unspecified atom stereocenters. The maximum absolute atomic E-state index is 11.9. The fraction of sp³-hybridized carbons (Fsp3) is 0.900. The number of alkyl halides is 3. The standard InChI is InChI=1S/C10H17F3N2O2/c1-15(7-9(17)4-2-3-5-9)8(16)14-6-10(11,12)13/h17H,2-7H2,1H3,(H,14,16). The van der Waals surface area contributed by atoms with Gasteiger partial charge in [0.05, 0.1) is 12.1 Å². The molecular formula is C10H17F3N2O2. The van der Waals surface area contributed by atoms with Gasteiger partial charge in [-0.2, -0.15) is 13.2 Å². The number of amides is 2. The van der Waals surface area contributed by atoms with Crippen molar-refractivity contribution in [3.05, 3.63) is 0 Å². The summed E-state index contributed by atoms with van der Waals surface area (Å²) >= 11 is 0. The lowest BCUT2D eigenvalue weighted by Crippen LogP contribution is -2.47. The summed E-state index contributed by atoms with van der Waals surface area (Å²) in [5, 5.41) is 11.8. The van der Waals surface area contributed by atoms with E-state index < -0.39 is 24.4 Å². The molecule has 0 atom stereocenters. The van der Waals surface area contributed by atoms with Crippen LogP contribution in [0.3, 0.4) is 0 Å². The first-order valence-electron chi connectivity index (χ1n) is 5.50. The van der Waals surface area contributed by atoms with Crippen LogP contribution in [0.15, 0.2) is 0 Å². The van der Waals surface area contributed by atoms with Crippen LogP contribution in [0, 0.1) is 0 Å². The van der Waals surface area contributed by atoms with Gasteiger partial charge in [-0.05, 0) is 12.8 Å². The normalized spacial score (nSPS) is 19.1. The van der Waals surface area contributed by atoms with Gasteiger partial charge in [-0.15, -0.1) is 0 Å². The second-order valence-corrected chi connectivity index (χ2v) is 4.56. The summed E-state index contributed by atoms with van der Waals surface area (Å²) in [4.78, 5) is 12.4. The van der Waals surface area contributed by atoms with Crippen LogP contribution in [0.2, 0.25) is 0 Å². The van der Waals surface area contributed by atoms with Crippen molar-refractivity contribution >= 4 is 6.03 Å². The maximum Gasteiger partial charge on any atom is 0.405 e. The second-order valence-electron chi connectivity index (χ2n) is 4.56. The number of aliphatic hydroxyl groups is 1. The number of rotatable bonds is 3. The fourth-order valence-corrected chi connectivity index (χ4v) is 2.02. The minimum absolute atomic E-state index is 0.0662. The first-order valence-corrected chi connectivity index (χ1v) is 5.50. The van der Waals surface area contributed by atoms with E-state index in [4.69, 9.17) is 0 Å². The molecular weight excluding hydrogens is 237 g/mol. The minimum atomic E-state index is -4.42. The van der Waals surface area contributed by atoms with Gasteiger partial charge in [0.15, 0.2) is 0 Å². The molecule has 0 aromatic rings. The average Bonchev–Trinajstić information content (AvgIpc) is 2.60. The number of halogens is 3. The topological polar surface area (TPSA) is 52.6 Å². The van der Waals surface area contributed by atoms with Crippen molar-refractivity contribution in [2.45, 2.75) is 37.5 Å². The van der Waals surface area contributed by atoms with Gasteiger partial charge >= 0.3 is 12.2 Å². The summed E-state index contributed by atoms with van der Waals surface area (Å²) in [7, 11) is 1.38. The van der Waals surface area contributed by atoms with E-state index in [0.29, 0.717) is 12.8 Å². The molecule has 2 amide bonds. The molecule has 0 aromatic heterocycles. The number of hydrogen-bond donors (Lipinski definition) is 2. The Kier molecular flexibility index (Phi) is 4.24. The molecule has 0 spiro atoms. The summed E-state index contributed by atoms with van der Waals surface area (Å²) in [6.45, 7) is -1.29. The Labute approximate surface area is 97.8 Å². The van der Waals surface area contributed by atoms with Crippen LogP contribution in [0.4, 0.5) is 18.0 Å². The third kappa shape index (κ3) is 4.80. The summed E-state index contributed by atoms with van der Waals surface area (Å²) in [5.74, 6) is 0. The molecule has 1 fully saturated rings. The fourth-order valence-electron chi connectivity index (χ4n) is 2.02. The lowest BCUT2D eigenvalue weighted by atomic mass is 10.0. The zero-order valence-corrected chi connectivity index (χ0v) is 9.68. The van der Waals surface area contributed by atoms with Crippen LogP contribution in [-0.4, -0.2) is 48.0 Å². The van der Waals surface area contributed by atoms with E-state index in [1.54, 1.807) is 5.32 Å². The third-order valence-corrected chi connectivity index (χ3v) is 2.85. The van der Waals surface area contributed by atoms with Gasteiger partial charge < -0.3 is 15.3 Å². The number of carbonyl (C=O) groups excluding carboxylic acids is 1. The lowest BCUT2D eigenvalue weighted by molar-refractivity contribution is -0.123. The Balaban J connectivity index is 2.36. The Morgan fingerprint density at radius 1 is 1.41 bits per heavy atom. The molecule has 0 aromatic carbocycles. The zero-order valence-electron chi connectivity index (χ0n) is 9.68. The van der Waals surface area contributed by atoms with Crippen LogP contribution in [0.25, 0.3) is 0 Å². The van der Waals surface area contributed by atoms with Crippen LogP contribution >= 0.6 is 0 Å². The second kappa shape index (κ2) is 5.12. The molecule has 0 heterocycles. The van der Waals surface area contributed by atoms with Crippen molar-refractivity contribution in [1.82, 2.24) is 10.2 Å². The smallest absolute Gasteiger partial charge is 0.388 e. The highest BCUT2D eigenvalue weighted by molar-refractivity contribution is 5.73. The highest BCUT2D eigenvalue weighted by atomic mass is 19.4. The van der Waals surface area contributed by atoms with E-state index in [1.807, 2.05) is 0 Å². The Hall–Kier alpha value is -0.980. The molecule has 2 N–H and O–H groups in total. The van der Waals surface area contributed by atoms with Gasteiger partial charge in [-0.1, -0.05) is 12.8 Å². The molecule has 1 rings (SSSR count). The lowest BCUT2D eigenvalue weighted by Gasteiger charge is -2.28. The molecule has 4 nitrogen and oxygen atoms in total. The Bertz CT molecular complexity index is 275. The minimum Gasteiger partial charge on any atom is -0.388 e. The first kappa shape index (κ1) is 14.1. The third-order valence-electron chi connectivity index (χ3n) is 2.85. The van der Waals surface area contributed by atoms with Gasteiger partial charge in [0.25, 0.3) is 0 Å². The molecule has 1 aliphatic carbocycles. The monoisotopic (exact) mass is 254 g/mol. The van der Waals surface area contributed by atoms with Crippen molar-refractivity contribution < 1.29 is 23.1 Å². The van der Waals surface area contributed by atoms with E-state index >= 15 is 0 Å². The van der Waals surface area contributed by atoms with Crippen molar-refractivity contribution in [3.8, 4) is 0 Å². The number of nitrogens with zero attached hydrogens (tertiary/aromatic N) is 1. The molecule has 0 radical (unpaired) electrons. The molecule has 0 aliphatic heterocycles. The van der Waals surface area contributed by atoms with E-state index in [1.165, 1.54) is 7.05 Å². The highest BCUT2D eigenvalue weighted by Gasteiger charge is 2.34. The van der Waals surface area contributed by atoms with Crippen LogP contribution in [0.5, 0.6) is 0 Å². The molecule has 1 aliphatic rings. The van der Waals surface area contributed by atoms with Gasteiger partial charge in [0.1, 0.15) is 6.54 Å². The van der Waals surface area contributed by atoms with Crippen LogP contribution in [-0.2, 0) is 0 Å². The van der Waals surface area contributed by atoms with Crippen molar-refractivity contribution in [2.75, 3.05) is 20.1 Å². The number of nitrogens with one attached hydrogen (secondary N) is 1. The number of hydrogen-bond acceptors (Lipinski definition) is 2. The van der Waals surface area contributed by atoms with Gasteiger partial charge in [-0.3, -0.25) is 0 Å². The maximum atomic E-state index is 11.9. The molecule has 1 saturated carbocycles. The van der Waals surface area contributed by atoms with Crippen molar-refractivity contribution in [3.63, 3.8) is 0 Å². The summed E-state index contributed by atoms with van der Waals surface area (Å²) in [5.41, 5.74) is -0.940. The molecule has 7 heteroatoms. The average molecular weight is 254 g/mol. The molecule has 100 valence electrons. The Morgan fingerprint density at radius 3 is 2.41 bits per heavy atom. The van der Waals surface area contributed by atoms with E-state index in [0.717, 1.165) is 17.7 Å². The number of urea groups is 1. The summed E-state index contributed by atoms with van der Waals surface area (Å²) < 4.78 is 35.6. The quantitative estimate of drug-likeness (QED) is 0.801. The van der Waals surface area contributed by atoms with E-state index in [2.05, 4.69) is 0 Å². The number of carbonyl (C=O) groups is 1. The van der Waals surface area contributed by atoms with Gasteiger partial charge in [-0.25, -0.2) is 4.79 Å². The van der Waals surface area contributed by atoms with Crippen LogP contribution in [0.1, 0.15) is 25.7 Å². The van der Waals surface area contributed by atoms with Crippen molar-refractivity contribution in [1.29, 1.82) is 0 Å². The van der Waals surface area contributed by atoms with Gasteiger partial charge in [0.2, 0.25) is 0 Å². The van der Waals surface area contributed by atoms with E-state index in [-0.39, 0.29) is 6.54 Å². The predicted octanol–water partition coefficient (Wildman–Crippen LogP) is 1.50. The summed E-state index contributed by atoms with van der Waals surface area (Å²) in [6, 6.07) is -0.817. The van der Waals surface area contributed by atoms with E-state index in [9.17, 15) is 23.1 Å². The summed E-state index contributed by atoms with van der Waals surface area (Å²) in [6.07, 6.45) is -1.47. The molecule has 17 heavy (non-hydrogen) atoms. The predicted molar refractivity (Wildman–Crippen MR) is 55.5 cm³/mol. The Morgan fingerprint density at radius 2 is 1.94 bits per heavy atom. The number of likely N-dealkylation sites (N-methyl/N-ethyl adjacent to an activating group) is 1. The van der Waals surface area contributed by atoms with Crippen LogP contribution < -0.4 is 5.32 Å².